The van der Waals surface area contributed by atoms with Gasteiger partial charge in [-0.05, 0) is 25.3 Å². The molecule has 0 amide bonds. The van der Waals surface area contributed by atoms with E-state index in [1.807, 2.05) is 0 Å². The maximum atomic E-state index is 12.0. The number of likely N-dealkylation sites (tertiary alicyclic amines) is 1. The number of hydrogen-bond acceptors (Lipinski definition) is 2. The van der Waals surface area contributed by atoms with Crippen LogP contribution < -0.4 is 0 Å². The molecule has 68 valence electrons. The topological polar surface area (TPSA) is 27.0 Å². The minimum Gasteiger partial charge on any atom is -0.300 e. The minimum atomic E-state index is -0.265. The fourth-order valence-electron chi connectivity index (χ4n) is 1.77. The van der Waals surface area contributed by atoms with E-state index in [4.69, 9.17) is 5.26 Å². The molecule has 0 spiro atoms. The Morgan fingerprint density at radius 3 is 3.08 bits per heavy atom. The molecule has 0 N–H and O–H groups in total. The van der Waals surface area contributed by atoms with Crippen molar-refractivity contribution in [2.45, 2.75) is 19.3 Å². The lowest BCUT2D eigenvalue weighted by Crippen LogP contribution is -2.36. The lowest BCUT2D eigenvalue weighted by Gasteiger charge is -2.30. The van der Waals surface area contributed by atoms with Gasteiger partial charge in [-0.2, -0.15) is 5.26 Å². The fourth-order valence-corrected chi connectivity index (χ4v) is 1.77. The van der Waals surface area contributed by atoms with Crippen LogP contribution in [0.2, 0.25) is 0 Å². The van der Waals surface area contributed by atoms with Gasteiger partial charge < -0.3 is 4.90 Å². The fraction of sp³-hybridized carbons (Fsp3) is 0.889. The summed E-state index contributed by atoms with van der Waals surface area (Å²) in [7, 11) is 0. The molecule has 0 aromatic rings. The second-order valence-electron chi connectivity index (χ2n) is 3.36. The van der Waals surface area contributed by atoms with Crippen LogP contribution in [-0.2, 0) is 0 Å². The molecule has 0 saturated carbocycles. The third-order valence-electron chi connectivity index (χ3n) is 2.38. The van der Waals surface area contributed by atoms with E-state index in [0.29, 0.717) is 18.9 Å². The van der Waals surface area contributed by atoms with Gasteiger partial charge in [0.15, 0.2) is 0 Å². The number of halogens is 1. The van der Waals surface area contributed by atoms with E-state index in [0.717, 1.165) is 25.9 Å². The molecule has 1 aliphatic heterocycles. The van der Waals surface area contributed by atoms with E-state index in [1.165, 1.54) is 0 Å². The monoisotopic (exact) mass is 170 g/mol. The second kappa shape index (κ2) is 5.10. The highest BCUT2D eigenvalue weighted by Crippen LogP contribution is 2.18. The predicted octanol–water partition coefficient (Wildman–Crippen LogP) is 1.58. The van der Waals surface area contributed by atoms with Crippen molar-refractivity contribution >= 4 is 0 Å². The van der Waals surface area contributed by atoms with Gasteiger partial charge in [0.05, 0.1) is 6.07 Å². The maximum absolute atomic E-state index is 12.0. The zero-order chi connectivity index (χ0) is 8.81. The zero-order valence-corrected chi connectivity index (χ0v) is 7.30. The van der Waals surface area contributed by atoms with Crippen molar-refractivity contribution in [2.24, 2.45) is 5.92 Å². The van der Waals surface area contributed by atoms with Crippen molar-refractivity contribution in [3.05, 3.63) is 0 Å². The Morgan fingerprint density at radius 2 is 2.42 bits per heavy atom. The van der Waals surface area contributed by atoms with Crippen LogP contribution in [0.4, 0.5) is 4.39 Å². The highest BCUT2D eigenvalue weighted by atomic mass is 19.1. The standard InChI is InChI=1S/C9H15FN2/c10-4-7-12-6-1-2-9(8-12)3-5-11/h9H,1-4,6-8H2. The summed E-state index contributed by atoms with van der Waals surface area (Å²) in [6, 6.07) is 2.18. The molecular formula is C9H15FN2. The Balaban J connectivity index is 2.26. The Kier molecular flexibility index (Phi) is 4.02. The van der Waals surface area contributed by atoms with Crippen LogP contribution in [-0.4, -0.2) is 31.2 Å². The van der Waals surface area contributed by atoms with Crippen LogP contribution in [0.15, 0.2) is 0 Å². The van der Waals surface area contributed by atoms with Gasteiger partial charge in [0, 0.05) is 19.5 Å². The summed E-state index contributed by atoms with van der Waals surface area (Å²) in [5.74, 6) is 0.482. The lowest BCUT2D eigenvalue weighted by atomic mass is 9.95. The molecule has 0 aromatic carbocycles. The van der Waals surface area contributed by atoms with Crippen molar-refractivity contribution < 1.29 is 4.39 Å². The first kappa shape index (κ1) is 9.47. The smallest absolute Gasteiger partial charge is 0.102 e. The van der Waals surface area contributed by atoms with Gasteiger partial charge >= 0.3 is 0 Å². The van der Waals surface area contributed by atoms with Crippen LogP contribution in [0.5, 0.6) is 0 Å². The molecule has 0 aromatic heterocycles. The number of alkyl halides is 1. The molecule has 3 heteroatoms. The first-order valence-electron chi connectivity index (χ1n) is 4.52. The predicted molar refractivity (Wildman–Crippen MR) is 45.4 cm³/mol. The van der Waals surface area contributed by atoms with Crippen LogP contribution in [0.25, 0.3) is 0 Å². The molecule has 1 heterocycles. The summed E-state index contributed by atoms with van der Waals surface area (Å²) in [6.07, 6.45) is 2.88. The largest absolute Gasteiger partial charge is 0.300 e. The highest BCUT2D eigenvalue weighted by molar-refractivity contribution is 4.81. The Bertz CT molecular complexity index is 162. The second-order valence-corrected chi connectivity index (χ2v) is 3.36. The van der Waals surface area contributed by atoms with Crippen LogP contribution in [0.1, 0.15) is 19.3 Å². The number of hydrogen-bond donors (Lipinski definition) is 0. The normalized spacial score (nSPS) is 25.2. The van der Waals surface area contributed by atoms with Gasteiger partial charge in [0.2, 0.25) is 0 Å². The first-order chi connectivity index (χ1) is 5.86. The van der Waals surface area contributed by atoms with Crippen molar-refractivity contribution in [1.82, 2.24) is 4.90 Å². The Morgan fingerprint density at radius 1 is 1.58 bits per heavy atom. The molecule has 0 bridgehead atoms. The molecule has 1 aliphatic rings. The number of piperidine rings is 1. The summed E-state index contributed by atoms with van der Waals surface area (Å²) >= 11 is 0. The molecule has 0 radical (unpaired) electrons. The van der Waals surface area contributed by atoms with E-state index in [9.17, 15) is 4.39 Å². The molecular weight excluding hydrogens is 155 g/mol. The molecule has 2 nitrogen and oxygen atoms in total. The third-order valence-corrected chi connectivity index (χ3v) is 2.38. The minimum absolute atomic E-state index is 0.265. The molecule has 1 unspecified atom stereocenters. The van der Waals surface area contributed by atoms with E-state index in [2.05, 4.69) is 11.0 Å². The summed E-state index contributed by atoms with van der Waals surface area (Å²) in [4.78, 5) is 2.12. The molecule has 0 aliphatic carbocycles. The number of rotatable bonds is 3. The van der Waals surface area contributed by atoms with Crippen molar-refractivity contribution in [1.29, 1.82) is 5.26 Å². The molecule has 1 fully saturated rings. The average molecular weight is 170 g/mol. The van der Waals surface area contributed by atoms with Crippen molar-refractivity contribution in [2.75, 3.05) is 26.3 Å². The van der Waals surface area contributed by atoms with Crippen molar-refractivity contribution in [3.63, 3.8) is 0 Å². The maximum Gasteiger partial charge on any atom is 0.102 e. The molecule has 1 atom stereocenters. The van der Waals surface area contributed by atoms with Gasteiger partial charge in [0.1, 0.15) is 6.67 Å². The van der Waals surface area contributed by atoms with Gasteiger partial charge in [-0.1, -0.05) is 0 Å². The zero-order valence-electron chi connectivity index (χ0n) is 7.30. The third kappa shape index (κ3) is 2.78. The van der Waals surface area contributed by atoms with Crippen LogP contribution in [0.3, 0.4) is 0 Å². The number of nitriles is 1. The molecule has 12 heavy (non-hydrogen) atoms. The SMILES string of the molecule is N#CCC1CCCN(CCF)C1. The van der Waals surface area contributed by atoms with E-state index < -0.39 is 0 Å². The van der Waals surface area contributed by atoms with Gasteiger partial charge in [0.25, 0.3) is 0 Å². The van der Waals surface area contributed by atoms with Gasteiger partial charge in [-0.3, -0.25) is 0 Å². The molecule has 1 saturated heterocycles. The summed E-state index contributed by atoms with van der Waals surface area (Å²) < 4.78 is 12.0. The summed E-state index contributed by atoms with van der Waals surface area (Å²) in [6.45, 7) is 2.20. The van der Waals surface area contributed by atoms with Crippen molar-refractivity contribution in [3.8, 4) is 6.07 Å². The quantitative estimate of drug-likeness (QED) is 0.643. The Labute approximate surface area is 73.0 Å². The van der Waals surface area contributed by atoms with Crippen LogP contribution in [0, 0.1) is 17.2 Å². The van der Waals surface area contributed by atoms with E-state index >= 15 is 0 Å². The highest BCUT2D eigenvalue weighted by Gasteiger charge is 2.18. The van der Waals surface area contributed by atoms with E-state index in [1.54, 1.807) is 0 Å². The van der Waals surface area contributed by atoms with Crippen LogP contribution >= 0.6 is 0 Å². The van der Waals surface area contributed by atoms with Gasteiger partial charge in [-0.15, -0.1) is 0 Å². The summed E-state index contributed by atoms with van der Waals surface area (Å²) in [5, 5.41) is 8.49. The van der Waals surface area contributed by atoms with Gasteiger partial charge in [-0.25, -0.2) is 4.39 Å². The average Bonchev–Trinajstić information content (AvgIpc) is 2.06. The molecule has 1 rings (SSSR count). The van der Waals surface area contributed by atoms with E-state index in [-0.39, 0.29) is 6.67 Å². The lowest BCUT2D eigenvalue weighted by molar-refractivity contribution is 0.165. The Hall–Kier alpha value is -0.620. The first-order valence-corrected chi connectivity index (χ1v) is 4.52. The summed E-state index contributed by atoms with van der Waals surface area (Å²) in [5.41, 5.74) is 0. The number of nitrogens with zero attached hydrogens (tertiary/aromatic N) is 2.